The highest BCUT2D eigenvalue weighted by molar-refractivity contribution is 5.92. The lowest BCUT2D eigenvalue weighted by Gasteiger charge is -2.26. The molecule has 0 aliphatic carbocycles. The quantitative estimate of drug-likeness (QED) is 0.499. The van der Waals surface area contributed by atoms with Gasteiger partial charge >= 0.3 is 0 Å². The molecule has 2 aliphatic heterocycles. The van der Waals surface area contributed by atoms with Gasteiger partial charge in [-0.25, -0.2) is 9.97 Å². The second-order valence-corrected chi connectivity index (χ2v) is 8.88. The monoisotopic (exact) mass is 479 g/mol. The van der Waals surface area contributed by atoms with Gasteiger partial charge < -0.3 is 24.5 Å². The predicted molar refractivity (Wildman–Crippen MR) is 128 cm³/mol. The zero-order valence-corrected chi connectivity index (χ0v) is 19.5. The molecule has 0 bridgehead atoms. The number of nitrogens with zero attached hydrogens (tertiary/aromatic N) is 3. The average molecular weight is 480 g/mol. The van der Waals surface area contributed by atoms with Crippen molar-refractivity contribution < 1.29 is 19.0 Å². The first-order valence-electron chi connectivity index (χ1n) is 11.9. The Bertz CT molecular complexity index is 1230. The van der Waals surface area contributed by atoms with Crippen molar-refractivity contribution in [2.24, 2.45) is 5.92 Å². The molecule has 1 aromatic carbocycles. The molecule has 2 aromatic heterocycles. The lowest BCUT2D eigenvalue weighted by atomic mass is 10.1. The van der Waals surface area contributed by atoms with Crippen molar-refractivity contribution in [2.75, 3.05) is 46.1 Å². The molecule has 10 heteroatoms. The van der Waals surface area contributed by atoms with Gasteiger partial charge in [0.25, 0.3) is 11.5 Å². The summed E-state index contributed by atoms with van der Waals surface area (Å²) in [6, 6.07) is 9.18. The van der Waals surface area contributed by atoms with E-state index in [4.69, 9.17) is 14.2 Å². The number of H-pyrrole nitrogens is 1. The molecular formula is C25H29N5O5. The maximum Gasteiger partial charge on any atom is 0.287 e. The Morgan fingerprint density at radius 3 is 2.86 bits per heavy atom. The minimum atomic E-state index is -0.455. The molecule has 5 rings (SSSR count). The summed E-state index contributed by atoms with van der Waals surface area (Å²) in [7, 11) is 0. The summed E-state index contributed by atoms with van der Waals surface area (Å²) in [5, 5.41) is 3.27. The number of aromatic nitrogens is 3. The van der Waals surface area contributed by atoms with Crippen LogP contribution in [0.5, 0.6) is 5.88 Å². The van der Waals surface area contributed by atoms with Gasteiger partial charge in [-0.1, -0.05) is 6.07 Å². The maximum atomic E-state index is 12.7. The first-order valence-corrected chi connectivity index (χ1v) is 11.9. The first-order chi connectivity index (χ1) is 17.1. The van der Waals surface area contributed by atoms with Crippen LogP contribution in [0.15, 0.2) is 41.3 Å². The molecule has 2 N–H and O–H groups in total. The molecule has 2 saturated heterocycles. The Labute approximate surface area is 202 Å². The van der Waals surface area contributed by atoms with Crippen molar-refractivity contribution in [2.45, 2.75) is 19.5 Å². The van der Waals surface area contributed by atoms with E-state index in [1.807, 2.05) is 12.1 Å². The van der Waals surface area contributed by atoms with Crippen LogP contribution in [0, 0.1) is 5.92 Å². The van der Waals surface area contributed by atoms with E-state index in [2.05, 4.69) is 25.2 Å². The number of hydrogen-bond acceptors (Lipinski definition) is 8. The zero-order chi connectivity index (χ0) is 24.0. The van der Waals surface area contributed by atoms with Crippen LogP contribution >= 0.6 is 0 Å². The molecule has 1 unspecified atom stereocenters. The summed E-state index contributed by atoms with van der Waals surface area (Å²) in [6.07, 6.45) is 2.63. The number of rotatable bonds is 8. The molecule has 2 fully saturated rings. The maximum absolute atomic E-state index is 12.7. The number of ether oxygens (including phenoxy) is 3. The highest BCUT2D eigenvalue weighted by Crippen LogP contribution is 2.16. The van der Waals surface area contributed by atoms with Gasteiger partial charge in [0.05, 0.1) is 37.3 Å². The molecule has 10 nitrogen and oxygen atoms in total. The Morgan fingerprint density at radius 2 is 2.03 bits per heavy atom. The zero-order valence-electron chi connectivity index (χ0n) is 19.5. The van der Waals surface area contributed by atoms with Crippen LogP contribution in [-0.2, 0) is 22.6 Å². The van der Waals surface area contributed by atoms with Crippen molar-refractivity contribution in [1.82, 2.24) is 25.2 Å². The van der Waals surface area contributed by atoms with Crippen LogP contribution in [0.25, 0.3) is 10.9 Å². The fourth-order valence-corrected chi connectivity index (χ4v) is 4.23. The Morgan fingerprint density at radius 1 is 1.14 bits per heavy atom. The van der Waals surface area contributed by atoms with E-state index in [-0.39, 0.29) is 17.9 Å². The van der Waals surface area contributed by atoms with E-state index in [1.165, 1.54) is 0 Å². The lowest BCUT2D eigenvalue weighted by molar-refractivity contribution is 0.0342. The van der Waals surface area contributed by atoms with E-state index in [1.54, 1.807) is 24.4 Å². The third-order valence-corrected chi connectivity index (χ3v) is 6.24. The van der Waals surface area contributed by atoms with Crippen molar-refractivity contribution in [3.8, 4) is 5.88 Å². The number of morpholine rings is 1. The van der Waals surface area contributed by atoms with Gasteiger partial charge in [-0.3, -0.25) is 14.5 Å². The molecule has 0 radical (unpaired) electrons. The summed E-state index contributed by atoms with van der Waals surface area (Å²) < 4.78 is 16.5. The number of hydrogen-bond donors (Lipinski definition) is 2. The van der Waals surface area contributed by atoms with Crippen LogP contribution in [-0.4, -0.2) is 71.9 Å². The van der Waals surface area contributed by atoms with Gasteiger partial charge in [0.2, 0.25) is 5.88 Å². The third-order valence-electron chi connectivity index (χ3n) is 6.24. The van der Waals surface area contributed by atoms with Crippen molar-refractivity contribution in [3.05, 3.63) is 63.8 Å². The fraction of sp³-hybridized carbons (Fsp3) is 0.440. The predicted octanol–water partition coefficient (Wildman–Crippen LogP) is 1.50. The summed E-state index contributed by atoms with van der Waals surface area (Å²) in [4.78, 5) is 38.9. The molecule has 184 valence electrons. The van der Waals surface area contributed by atoms with Gasteiger partial charge in [-0.2, -0.15) is 0 Å². The molecule has 4 heterocycles. The Hall–Kier alpha value is -3.34. The van der Waals surface area contributed by atoms with Gasteiger partial charge in [0.15, 0.2) is 5.82 Å². The third kappa shape index (κ3) is 6.02. The van der Waals surface area contributed by atoms with Crippen molar-refractivity contribution in [3.63, 3.8) is 0 Å². The fourth-order valence-electron chi connectivity index (χ4n) is 4.23. The van der Waals surface area contributed by atoms with Gasteiger partial charge in [-0.15, -0.1) is 0 Å². The van der Waals surface area contributed by atoms with Crippen molar-refractivity contribution >= 4 is 16.8 Å². The molecule has 2 aliphatic rings. The standard InChI is InChI=1S/C25H29N5O5/c31-24-20-11-18(14-30-6-9-33-10-7-30)1-2-21(20)28-23(29-24)25(32)27-13-17-3-5-26-22(12-17)35-16-19-4-8-34-15-19/h1-3,5,11-12,19H,4,6-10,13-16H2,(H,27,32)(H,28,29,31). The SMILES string of the molecule is O=C(NCc1ccnc(OCC2CCOC2)c1)c1nc2ccc(CN3CCOCC3)cc2c(=O)[nH]1. The normalized spacial score (nSPS) is 18.6. The summed E-state index contributed by atoms with van der Waals surface area (Å²) in [5.41, 5.74) is 2.02. The Kier molecular flexibility index (Phi) is 7.31. The number of carbonyl (C=O) groups excluding carboxylic acids is 1. The van der Waals surface area contributed by atoms with Gasteiger partial charge in [0, 0.05) is 51.0 Å². The number of amides is 1. The number of pyridine rings is 1. The van der Waals surface area contributed by atoms with E-state index >= 15 is 0 Å². The van der Waals surface area contributed by atoms with Crippen LogP contribution in [0.2, 0.25) is 0 Å². The van der Waals surface area contributed by atoms with Gasteiger partial charge in [-0.05, 0) is 35.7 Å². The Balaban J connectivity index is 1.21. The minimum absolute atomic E-state index is 0.0183. The molecule has 1 atom stereocenters. The smallest absolute Gasteiger partial charge is 0.287 e. The van der Waals surface area contributed by atoms with E-state index < -0.39 is 5.91 Å². The van der Waals surface area contributed by atoms with Crippen molar-refractivity contribution in [1.29, 1.82) is 0 Å². The van der Waals surface area contributed by atoms with Crippen LogP contribution in [0.3, 0.4) is 0 Å². The van der Waals surface area contributed by atoms with Crippen LogP contribution in [0.4, 0.5) is 0 Å². The first kappa shape index (κ1) is 23.4. The van der Waals surface area contributed by atoms with E-state index in [9.17, 15) is 9.59 Å². The topological polar surface area (TPSA) is 119 Å². The second kappa shape index (κ2) is 10.9. The highest BCUT2D eigenvalue weighted by atomic mass is 16.5. The average Bonchev–Trinajstić information content (AvgIpc) is 3.41. The lowest BCUT2D eigenvalue weighted by Crippen LogP contribution is -2.35. The number of nitrogens with one attached hydrogen (secondary N) is 2. The number of aromatic amines is 1. The molecule has 3 aromatic rings. The van der Waals surface area contributed by atoms with E-state index in [0.29, 0.717) is 35.9 Å². The molecular weight excluding hydrogens is 450 g/mol. The number of fused-ring (bicyclic) bond motifs is 1. The highest BCUT2D eigenvalue weighted by Gasteiger charge is 2.17. The number of benzene rings is 1. The van der Waals surface area contributed by atoms with Crippen LogP contribution < -0.4 is 15.6 Å². The van der Waals surface area contributed by atoms with E-state index in [0.717, 1.165) is 57.0 Å². The largest absolute Gasteiger partial charge is 0.477 e. The second-order valence-electron chi connectivity index (χ2n) is 8.88. The summed E-state index contributed by atoms with van der Waals surface area (Å²) in [6.45, 7) is 6.21. The molecule has 0 saturated carbocycles. The number of carbonyl (C=O) groups is 1. The van der Waals surface area contributed by atoms with Gasteiger partial charge in [0.1, 0.15) is 0 Å². The molecule has 1 amide bonds. The van der Waals surface area contributed by atoms with Crippen LogP contribution in [0.1, 0.15) is 28.2 Å². The summed E-state index contributed by atoms with van der Waals surface area (Å²) in [5.74, 6) is 0.416. The molecule has 35 heavy (non-hydrogen) atoms. The molecule has 0 spiro atoms. The minimum Gasteiger partial charge on any atom is -0.477 e. The summed E-state index contributed by atoms with van der Waals surface area (Å²) >= 11 is 0.